The number of methoxy groups -OCH3 is 1. The first-order chi connectivity index (χ1) is 9.51. The second kappa shape index (κ2) is 6.39. The molecule has 5 nitrogen and oxygen atoms in total. The van der Waals surface area contributed by atoms with Crippen molar-refractivity contribution >= 4 is 32.8 Å². The molecule has 0 aliphatic heterocycles. The molecule has 0 radical (unpaired) electrons. The van der Waals surface area contributed by atoms with Gasteiger partial charge in [0, 0.05) is 19.0 Å². The topological polar surface area (TPSA) is 71.7 Å². The monoisotopic (exact) mass is 341 g/mol. The van der Waals surface area contributed by atoms with Crippen LogP contribution in [0.3, 0.4) is 0 Å². The van der Waals surface area contributed by atoms with Crippen LogP contribution in [0.4, 0.5) is 0 Å². The van der Waals surface area contributed by atoms with Gasteiger partial charge in [-0.1, -0.05) is 0 Å². The predicted molar refractivity (Wildman–Crippen MR) is 78.9 cm³/mol. The molecule has 1 aromatic heterocycles. The number of hydrogen-bond donors (Lipinski definition) is 2. The van der Waals surface area contributed by atoms with Crippen LogP contribution >= 0.6 is 15.9 Å². The Morgan fingerprint density at radius 3 is 2.95 bits per heavy atom. The van der Waals surface area contributed by atoms with Crippen LogP contribution in [0.5, 0.6) is 0 Å². The van der Waals surface area contributed by atoms with Gasteiger partial charge < -0.3 is 19.6 Å². The van der Waals surface area contributed by atoms with E-state index in [1.165, 1.54) is 7.11 Å². The van der Waals surface area contributed by atoms with Crippen molar-refractivity contribution in [3.05, 3.63) is 34.0 Å². The fraction of sp³-hybridized carbons (Fsp3) is 0.357. The highest BCUT2D eigenvalue weighted by Gasteiger charge is 2.15. The van der Waals surface area contributed by atoms with Crippen LogP contribution in [0.2, 0.25) is 0 Å². The summed E-state index contributed by atoms with van der Waals surface area (Å²) in [4.78, 5) is 11.9. The lowest BCUT2D eigenvalue weighted by atomic mass is 10.2. The first-order valence-electron chi connectivity index (χ1n) is 6.16. The highest BCUT2D eigenvalue weighted by Crippen LogP contribution is 2.28. The van der Waals surface area contributed by atoms with Gasteiger partial charge in [0.25, 0.3) is 5.91 Å². The molecule has 0 aliphatic carbocycles. The van der Waals surface area contributed by atoms with Crippen LogP contribution in [0.1, 0.15) is 16.1 Å². The van der Waals surface area contributed by atoms with Crippen LogP contribution in [-0.4, -0.2) is 37.4 Å². The summed E-state index contributed by atoms with van der Waals surface area (Å²) in [7, 11) is 1.49. The number of aliphatic hydroxyl groups excluding tert-OH is 1. The average molecular weight is 342 g/mol. The number of carbonyl (C=O) groups excluding carboxylic acids is 1. The Morgan fingerprint density at radius 2 is 2.25 bits per heavy atom. The molecule has 2 aromatic rings. The number of halogens is 1. The van der Waals surface area contributed by atoms with E-state index in [4.69, 9.17) is 9.15 Å². The summed E-state index contributed by atoms with van der Waals surface area (Å²) in [6.45, 7) is 2.26. The highest BCUT2D eigenvalue weighted by atomic mass is 79.9. The molecule has 0 fully saturated rings. The summed E-state index contributed by atoms with van der Waals surface area (Å²) in [6, 6.07) is 5.56. The van der Waals surface area contributed by atoms with Crippen molar-refractivity contribution in [2.45, 2.75) is 13.0 Å². The second-order valence-corrected chi connectivity index (χ2v) is 5.45. The van der Waals surface area contributed by atoms with Gasteiger partial charge in [0.15, 0.2) is 5.76 Å². The Morgan fingerprint density at radius 1 is 1.50 bits per heavy atom. The minimum atomic E-state index is -0.734. The molecule has 2 rings (SSSR count). The summed E-state index contributed by atoms with van der Waals surface area (Å²) in [6.07, 6.45) is -0.734. The zero-order valence-corrected chi connectivity index (χ0v) is 12.9. The molecule has 0 saturated heterocycles. The van der Waals surface area contributed by atoms with E-state index in [9.17, 15) is 9.90 Å². The number of amides is 1. The number of aryl methyl sites for hydroxylation is 1. The Balaban J connectivity index is 2.13. The number of furan rings is 1. The molecule has 6 heteroatoms. The first-order valence-corrected chi connectivity index (χ1v) is 6.95. The van der Waals surface area contributed by atoms with Crippen molar-refractivity contribution in [1.82, 2.24) is 5.32 Å². The SMILES string of the molecule is COCC(O)CNC(=O)c1cc2cc(C)cc(Br)c2o1. The molecule has 2 N–H and O–H groups in total. The lowest BCUT2D eigenvalue weighted by molar-refractivity contribution is 0.0603. The lowest BCUT2D eigenvalue weighted by Gasteiger charge is -2.09. The summed E-state index contributed by atoms with van der Waals surface area (Å²) in [5.41, 5.74) is 1.71. The van der Waals surface area contributed by atoms with E-state index in [1.807, 2.05) is 19.1 Å². The van der Waals surface area contributed by atoms with Crippen molar-refractivity contribution in [1.29, 1.82) is 0 Å². The predicted octanol–water partition coefficient (Wildman–Crippen LogP) is 2.24. The first kappa shape index (κ1) is 15.0. The second-order valence-electron chi connectivity index (χ2n) is 4.59. The number of aliphatic hydroxyl groups is 1. The van der Waals surface area contributed by atoms with E-state index in [-0.39, 0.29) is 24.8 Å². The van der Waals surface area contributed by atoms with Gasteiger partial charge in [-0.3, -0.25) is 4.79 Å². The summed E-state index contributed by atoms with van der Waals surface area (Å²) in [5.74, 6) is -0.142. The molecular weight excluding hydrogens is 326 g/mol. The minimum Gasteiger partial charge on any atom is -0.450 e. The van der Waals surface area contributed by atoms with Crippen LogP contribution in [0.25, 0.3) is 11.0 Å². The standard InChI is InChI=1S/C14H16BrNO4/c1-8-3-9-5-12(20-13(9)11(15)4-8)14(18)16-6-10(17)7-19-2/h3-5,10,17H,6-7H2,1-2H3,(H,16,18). The van der Waals surface area contributed by atoms with Crippen LogP contribution in [0.15, 0.2) is 27.1 Å². The molecule has 108 valence electrons. The molecule has 0 saturated carbocycles. The van der Waals surface area contributed by atoms with Crippen LogP contribution in [0, 0.1) is 6.92 Å². The molecule has 1 unspecified atom stereocenters. The maximum absolute atomic E-state index is 11.9. The summed E-state index contributed by atoms with van der Waals surface area (Å²) >= 11 is 3.41. The number of nitrogens with one attached hydrogen (secondary N) is 1. The summed E-state index contributed by atoms with van der Waals surface area (Å²) in [5, 5.41) is 12.9. The fourth-order valence-electron chi connectivity index (χ4n) is 1.91. The third-order valence-electron chi connectivity index (χ3n) is 2.80. The van der Waals surface area contributed by atoms with Crippen molar-refractivity contribution in [3.63, 3.8) is 0 Å². The van der Waals surface area contributed by atoms with Crippen molar-refractivity contribution in [3.8, 4) is 0 Å². The molecule has 1 amide bonds. The average Bonchev–Trinajstić information content (AvgIpc) is 2.80. The van der Waals surface area contributed by atoms with E-state index in [1.54, 1.807) is 6.07 Å². The normalized spacial score (nSPS) is 12.6. The smallest absolute Gasteiger partial charge is 0.287 e. The number of ether oxygens (including phenoxy) is 1. The van der Waals surface area contributed by atoms with Gasteiger partial charge in [-0.05, 0) is 46.6 Å². The molecule has 0 bridgehead atoms. The van der Waals surface area contributed by atoms with E-state index >= 15 is 0 Å². The van der Waals surface area contributed by atoms with Gasteiger partial charge in [-0.25, -0.2) is 0 Å². The number of carbonyl (C=O) groups is 1. The number of fused-ring (bicyclic) bond motifs is 1. The number of hydrogen-bond acceptors (Lipinski definition) is 4. The third kappa shape index (κ3) is 3.39. The number of rotatable bonds is 5. The fourth-order valence-corrected chi connectivity index (χ4v) is 2.58. The molecule has 0 spiro atoms. The van der Waals surface area contributed by atoms with Crippen molar-refractivity contribution in [2.75, 3.05) is 20.3 Å². The Bertz CT molecular complexity index is 623. The Labute approximate surface area is 125 Å². The summed E-state index contributed by atoms with van der Waals surface area (Å²) < 4.78 is 11.1. The van der Waals surface area contributed by atoms with Gasteiger partial charge in [-0.15, -0.1) is 0 Å². The van der Waals surface area contributed by atoms with Gasteiger partial charge in [0.2, 0.25) is 0 Å². The zero-order valence-electron chi connectivity index (χ0n) is 11.3. The highest BCUT2D eigenvalue weighted by molar-refractivity contribution is 9.10. The molecule has 0 aliphatic rings. The minimum absolute atomic E-state index is 0.115. The van der Waals surface area contributed by atoms with E-state index in [0.717, 1.165) is 15.4 Å². The van der Waals surface area contributed by atoms with Crippen LogP contribution < -0.4 is 5.32 Å². The largest absolute Gasteiger partial charge is 0.450 e. The molecule has 20 heavy (non-hydrogen) atoms. The lowest BCUT2D eigenvalue weighted by Crippen LogP contribution is -2.34. The zero-order chi connectivity index (χ0) is 14.7. The van der Waals surface area contributed by atoms with E-state index < -0.39 is 6.10 Å². The molecule has 1 heterocycles. The van der Waals surface area contributed by atoms with E-state index in [2.05, 4.69) is 21.2 Å². The molecule has 1 atom stereocenters. The Kier molecular flexibility index (Phi) is 4.80. The van der Waals surface area contributed by atoms with Gasteiger partial charge in [0.05, 0.1) is 17.2 Å². The van der Waals surface area contributed by atoms with Gasteiger partial charge in [0.1, 0.15) is 5.58 Å². The van der Waals surface area contributed by atoms with Crippen LogP contribution in [-0.2, 0) is 4.74 Å². The maximum atomic E-state index is 11.9. The number of benzene rings is 1. The van der Waals surface area contributed by atoms with E-state index in [0.29, 0.717) is 5.58 Å². The van der Waals surface area contributed by atoms with Crippen molar-refractivity contribution in [2.24, 2.45) is 0 Å². The van der Waals surface area contributed by atoms with Crippen molar-refractivity contribution < 1.29 is 19.1 Å². The Hall–Kier alpha value is -1.37. The van der Waals surface area contributed by atoms with Gasteiger partial charge >= 0.3 is 0 Å². The van der Waals surface area contributed by atoms with Gasteiger partial charge in [-0.2, -0.15) is 0 Å². The quantitative estimate of drug-likeness (QED) is 0.874. The third-order valence-corrected chi connectivity index (χ3v) is 3.39. The molecular formula is C14H16BrNO4. The maximum Gasteiger partial charge on any atom is 0.287 e. The molecule has 1 aromatic carbocycles.